The largest absolute Gasteiger partial charge is 0.286 e. The van der Waals surface area contributed by atoms with E-state index in [1.165, 1.54) is 0 Å². The van der Waals surface area contributed by atoms with E-state index < -0.39 is 9.73 Å². The van der Waals surface area contributed by atoms with Gasteiger partial charge < -0.3 is 0 Å². The highest BCUT2D eigenvalue weighted by atomic mass is 32.2. The maximum atomic E-state index is 11.6. The molecule has 0 aliphatic rings. The molecular weight excluding hydrogens is 174 g/mol. The van der Waals surface area contributed by atoms with Crippen molar-refractivity contribution in [2.75, 3.05) is 6.26 Å². The van der Waals surface area contributed by atoms with E-state index in [1.54, 1.807) is 6.26 Å². The average molecular weight is 185 g/mol. The van der Waals surface area contributed by atoms with Crippen LogP contribution in [0.1, 0.15) is 0 Å². The first-order valence-electron chi connectivity index (χ1n) is 3.32. The fraction of sp³-hybridized carbons (Fsp3) is 0.143. The smallest absolute Gasteiger partial charge is 0.147 e. The molecule has 2 nitrogen and oxygen atoms in total. The van der Waals surface area contributed by atoms with Crippen LogP contribution in [0.4, 0.5) is 0 Å². The second-order valence-corrected chi connectivity index (χ2v) is 5.84. The lowest BCUT2D eigenvalue weighted by Crippen LogP contribution is -1.96. The fourth-order valence-corrected chi connectivity index (χ4v) is 2.28. The quantitative estimate of drug-likeness (QED) is 0.583. The highest BCUT2D eigenvalue weighted by Gasteiger charge is 2.00. The van der Waals surface area contributed by atoms with Crippen LogP contribution in [0, 0.1) is 0 Å². The van der Waals surface area contributed by atoms with Crippen LogP contribution in [0.15, 0.2) is 39.3 Å². The summed E-state index contributed by atoms with van der Waals surface area (Å²) >= 11 is 0. The van der Waals surface area contributed by atoms with Gasteiger partial charge in [0, 0.05) is 11.2 Å². The van der Waals surface area contributed by atoms with Gasteiger partial charge in [-0.05, 0) is 12.1 Å². The first-order chi connectivity index (χ1) is 5.17. The summed E-state index contributed by atoms with van der Waals surface area (Å²) in [6.07, 6.45) is 1.68. The Morgan fingerprint density at radius 1 is 1.36 bits per heavy atom. The Kier molecular flexibility index (Phi) is 2.46. The molecule has 0 saturated heterocycles. The number of hydrogen-bond acceptors (Lipinski definition) is 2. The monoisotopic (exact) mass is 185 g/mol. The molecule has 0 heterocycles. The van der Waals surface area contributed by atoms with Crippen molar-refractivity contribution in [3.05, 3.63) is 30.3 Å². The van der Waals surface area contributed by atoms with Gasteiger partial charge in [-0.3, -0.25) is 4.03 Å². The molecule has 1 unspecified atom stereocenters. The molecule has 0 bridgehead atoms. The van der Waals surface area contributed by atoms with Crippen LogP contribution in [-0.4, -0.2) is 20.9 Å². The summed E-state index contributed by atoms with van der Waals surface area (Å²) in [5.41, 5.74) is 0. The van der Waals surface area contributed by atoms with E-state index in [4.69, 9.17) is 0 Å². The molecule has 0 aliphatic heterocycles. The van der Waals surface area contributed by atoms with E-state index in [0.29, 0.717) is 10.4 Å². The molecule has 60 valence electrons. The van der Waals surface area contributed by atoms with Crippen LogP contribution < -0.4 is 0 Å². The van der Waals surface area contributed by atoms with Gasteiger partial charge in [0.2, 0.25) is 0 Å². The predicted octanol–water partition coefficient (Wildman–Crippen LogP) is 0.424. The Hall–Kier alpha value is -0.613. The maximum Gasteiger partial charge on any atom is 0.147 e. The molecule has 1 aromatic carbocycles. The van der Waals surface area contributed by atoms with Crippen LogP contribution in [-0.2, 0) is 9.73 Å². The molecule has 1 atom stereocenters. The molecule has 0 saturated carbocycles. The third kappa shape index (κ3) is 1.91. The van der Waals surface area contributed by atoms with Gasteiger partial charge in [0.05, 0.1) is 9.73 Å². The summed E-state index contributed by atoms with van der Waals surface area (Å²) in [7, 11) is -1.43. The Balaban J connectivity index is 3.25. The molecular formula is C7H11NOSSi. The van der Waals surface area contributed by atoms with Crippen molar-refractivity contribution in [2.45, 2.75) is 4.90 Å². The van der Waals surface area contributed by atoms with E-state index in [1.807, 2.05) is 30.3 Å². The van der Waals surface area contributed by atoms with Crippen LogP contribution in [0.5, 0.6) is 0 Å². The molecule has 0 spiro atoms. The first-order valence-corrected chi connectivity index (χ1v) is 6.14. The Bertz CT molecular complexity index is 341. The molecule has 0 fully saturated rings. The van der Waals surface area contributed by atoms with Gasteiger partial charge in [0.15, 0.2) is 0 Å². The van der Waals surface area contributed by atoms with Gasteiger partial charge in [-0.2, -0.15) is 0 Å². The van der Waals surface area contributed by atoms with Crippen LogP contribution in [0.25, 0.3) is 0 Å². The number of benzene rings is 1. The van der Waals surface area contributed by atoms with Crippen molar-refractivity contribution < 1.29 is 4.21 Å². The minimum absolute atomic E-state index is 0.632. The highest BCUT2D eigenvalue weighted by Crippen LogP contribution is 2.08. The van der Waals surface area contributed by atoms with E-state index in [-0.39, 0.29) is 0 Å². The van der Waals surface area contributed by atoms with Crippen molar-refractivity contribution in [1.82, 2.24) is 0 Å². The lowest BCUT2D eigenvalue weighted by molar-refractivity contribution is 0.681. The minimum atomic E-state index is -2.06. The Morgan fingerprint density at radius 2 is 1.91 bits per heavy atom. The van der Waals surface area contributed by atoms with E-state index in [2.05, 4.69) is 4.03 Å². The van der Waals surface area contributed by atoms with Crippen LogP contribution in [0.2, 0.25) is 0 Å². The van der Waals surface area contributed by atoms with Crippen molar-refractivity contribution in [3.8, 4) is 0 Å². The van der Waals surface area contributed by atoms with Crippen molar-refractivity contribution in [2.24, 2.45) is 4.03 Å². The standard InChI is InChI=1S/C7H11NOSSi/c1-10(9,8-11)7-5-3-2-4-6-7/h2-6H,1,11H3. The first kappa shape index (κ1) is 8.48. The van der Waals surface area contributed by atoms with E-state index in [0.717, 1.165) is 4.90 Å². The molecule has 0 N–H and O–H groups in total. The van der Waals surface area contributed by atoms with Crippen molar-refractivity contribution in [3.63, 3.8) is 0 Å². The molecule has 0 aromatic heterocycles. The summed E-state index contributed by atoms with van der Waals surface area (Å²) in [5, 5.41) is 0. The molecule has 1 aromatic rings. The summed E-state index contributed by atoms with van der Waals surface area (Å²) < 4.78 is 15.6. The lowest BCUT2D eigenvalue weighted by Gasteiger charge is -2.00. The van der Waals surface area contributed by atoms with E-state index >= 15 is 0 Å². The summed E-state index contributed by atoms with van der Waals surface area (Å²) in [5.74, 6) is 0. The SMILES string of the molecule is CS(=O)(=N[SiH3])c1ccccc1. The third-order valence-corrected chi connectivity index (χ3v) is 5.46. The van der Waals surface area contributed by atoms with Gasteiger partial charge in [-0.25, -0.2) is 4.21 Å². The third-order valence-electron chi connectivity index (χ3n) is 1.53. The normalized spacial score (nSPS) is 15.7. The maximum absolute atomic E-state index is 11.6. The van der Waals surface area contributed by atoms with Gasteiger partial charge in [-0.15, -0.1) is 0 Å². The fourth-order valence-electron chi connectivity index (χ4n) is 0.778. The summed E-state index contributed by atoms with van der Waals surface area (Å²) in [6, 6.07) is 9.37. The zero-order valence-electron chi connectivity index (χ0n) is 6.65. The van der Waals surface area contributed by atoms with Crippen molar-refractivity contribution in [1.29, 1.82) is 0 Å². The van der Waals surface area contributed by atoms with Gasteiger partial charge >= 0.3 is 0 Å². The lowest BCUT2D eigenvalue weighted by atomic mass is 10.4. The molecule has 0 amide bonds. The topological polar surface area (TPSA) is 29.4 Å². The number of rotatable bonds is 1. The van der Waals surface area contributed by atoms with Gasteiger partial charge in [0.25, 0.3) is 0 Å². The summed E-state index contributed by atoms with van der Waals surface area (Å²) in [4.78, 5) is 0.829. The molecule has 0 radical (unpaired) electrons. The summed E-state index contributed by atoms with van der Waals surface area (Å²) in [6.45, 7) is 0. The average Bonchev–Trinajstić information content (AvgIpc) is 2.06. The molecule has 4 heteroatoms. The predicted molar refractivity (Wildman–Crippen MR) is 51.1 cm³/mol. The van der Waals surface area contributed by atoms with Crippen molar-refractivity contribution >= 4 is 20.1 Å². The Labute approximate surface area is 70.3 Å². The molecule has 0 aliphatic carbocycles. The number of hydrogen-bond donors (Lipinski definition) is 0. The van der Waals surface area contributed by atoms with Crippen LogP contribution >= 0.6 is 0 Å². The van der Waals surface area contributed by atoms with E-state index in [9.17, 15) is 4.21 Å². The minimum Gasteiger partial charge on any atom is -0.286 e. The van der Waals surface area contributed by atoms with Crippen LogP contribution in [0.3, 0.4) is 0 Å². The zero-order valence-corrected chi connectivity index (χ0v) is 9.47. The number of nitrogens with zero attached hydrogens (tertiary/aromatic N) is 1. The van der Waals surface area contributed by atoms with Gasteiger partial charge in [-0.1, -0.05) is 18.2 Å². The van der Waals surface area contributed by atoms with Gasteiger partial charge in [0.1, 0.15) is 10.4 Å². The molecule has 1 rings (SSSR count). The second-order valence-electron chi connectivity index (χ2n) is 2.30. The highest BCUT2D eigenvalue weighted by molar-refractivity contribution is 7.93. The second kappa shape index (κ2) is 3.19. The Morgan fingerprint density at radius 3 is 2.36 bits per heavy atom. The zero-order chi connectivity index (χ0) is 8.32. The molecule has 11 heavy (non-hydrogen) atoms.